The van der Waals surface area contributed by atoms with Crippen molar-refractivity contribution < 1.29 is 4.74 Å². The van der Waals surface area contributed by atoms with E-state index in [-0.39, 0.29) is 12.0 Å². The molecule has 8 heteroatoms. The molecule has 0 saturated heterocycles. The molecule has 1 heterocycles. The third kappa shape index (κ3) is 3.85. The van der Waals surface area contributed by atoms with Crippen LogP contribution in [0.2, 0.25) is 10.0 Å². The highest BCUT2D eigenvalue weighted by atomic mass is 35.5. The topological polar surface area (TPSA) is 86.0 Å². The van der Waals surface area contributed by atoms with Gasteiger partial charge in [0.15, 0.2) is 0 Å². The lowest BCUT2D eigenvalue weighted by molar-refractivity contribution is 0.379. The van der Waals surface area contributed by atoms with Crippen LogP contribution in [0.5, 0.6) is 6.01 Å². The maximum absolute atomic E-state index is 6.09. The Bertz CT molecular complexity index is 608. The highest BCUT2D eigenvalue weighted by Crippen LogP contribution is 2.21. The zero-order valence-corrected chi connectivity index (χ0v) is 12.2. The van der Waals surface area contributed by atoms with Gasteiger partial charge in [-0.3, -0.25) is 0 Å². The number of nitrogens with one attached hydrogen (secondary N) is 1. The molecule has 0 bridgehead atoms. The molecular weight excluding hydrogens is 301 g/mol. The van der Waals surface area contributed by atoms with Crippen molar-refractivity contribution in [3.05, 3.63) is 33.8 Å². The van der Waals surface area contributed by atoms with Gasteiger partial charge in [0.1, 0.15) is 0 Å². The van der Waals surface area contributed by atoms with E-state index in [0.717, 1.165) is 5.56 Å². The largest absolute Gasteiger partial charge is 0.467 e. The highest BCUT2D eigenvalue weighted by Gasteiger charge is 2.05. The lowest BCUT2D eigenvalue weighted by Gasteiger charge is -2.08. The Kier molecular flexibility index (Phi) is 4.81. The fraction of sp³-hybridized carbons (Fsp3) is 0.250. The van der Waals surface area contributed by atoms with Crippen molar-refractivity contribution in [1.29, 1.82) is 0 Å². The summed E-state index contributed by atoms with van der Waals surface area (Å²) in [7, 11) is 1.46. The van der Waals surface area contributed by atoms with Gasteiger partial charge in [-0.1, -0.05) is 29.3 Å². The van der Waals surface area contributed by atoms with E-state index in [1.54, 1.807) is 12.1 Å². The fourth-order valence-electron chi connectivity index (χ4n) is 1.58. The molecule has 2 aromatic rings. The molecule has 0 atom stereocenters. The van der Waals surface area contributed by atoms with Gasteiger partial charge in [-0.15, -0.1) is 0 Å². The van der Waals surface area contributed by atoms with Crippen LogP contribution in [-0.2, 0) is 6.42 Å². The Labute approximate surface area is 126 Å². The standard InChI is InChI=1S/C12H13Cl2N5O/c1-20-12-18-10(15)17-11(19-12)16-5-4-7-2-3-8(13)6-9(7)14/h2-3,6H,4-5H2,1H3,(H3,15,16,17,18,19). The molecule has 0 radical (unpaired) electrons. The van der Waals surface area contributed by atoms with Gasteiger partial charge in [-0.25, -0.2) is 0 Å². The first-order chi connectivity index (χ1) is 9.58. The molecule has 0 amide bonds. The number of nitrogens with two attached hydrogens (primary N) is 1. The average Bonchev–Trinajstić information content (AvgIpc) is 2.40. The summed E-state index contributed by atoms with van der Waals surface area (Å²) in [4.78, 5) is 11.8. The Balaban J connectivity index is 1.97. The molecule has 3 N–H and O–H groups in total. The summed E-state index contributed by atoms with van der Waals surface area (Å²) >= 11 is 11.9. The molecule has 0 aliphatic heterocycles. The van der Waals surface area contributed by atoms with Gasteiger partial charge in [0.05, 0.1) is 7.11 Å². The van der Waals surface area contributed by atoms with E-state index in [4.69, 9.17) is 33.7 Å². The number of nitrogens with zero attached hydrogens (tertiary/aromatic N) is 3. The van der Waals surface area contributed by atoms with Crippen molar-refractivity contribution in [3.63, 3.8) is 0 Å². The van der Waals surface area contributed by atoms with E-state index in [0.29, 0.717) is 29.0 Å². The summed E-state index contributed by atoms with van der Waals surface area (Å²) in [6, 6.07) is 5.56. The molecule has 0 aliphatic rings. The second-order valence-electron chi connectivity index (χ2n) is 3.92. The van der Waals surface area contributed by atoms with Crippen LogP contribution in [0.15, 0.2) is 18.2 Å². The summed E-state index contributed by atoms with van der Waals surface area (Å²) < 4.78 is 4.91. The van der Waals surface area contributed by atoms with Crippen LogP contribution in [0.4, 0.5) is 11.9 Å². The predicted octanol–water partition coefficient (Wildman–Crippen LogP) is 2.42. The summed E-state index contributed by atoms with van der Waals surface area (Å²) in [6.45, 7) is 0.591. The van der Waals surface area contributed by atoms with E-state index < -0.39 is 0 Å². The summed E-state index contributed by atoms with van der Waals surface area (Å²) in [5.74, 6) is 0.461. The number of halogens is 2. The number of aromatic nitrogens is 3. The van der Waals surface area contributed by atoms with Crippen molar-refractivity contribution in [1.82, 2.24) is 15.0 Å². The van der Waals surface area contributed by atoms with Gasteiger partial charge in [0, 0.05) is 16.6 Å². The SMILES string of the molecule is COc1nc(N)nc(NCCc2ccc(Cl)cc2Cl)n1. The second-order valence-corrected chi connectivity index (χ2v) is 4.76. The molecule has 20 heavy (non-hydrogen) atoms. The van der Waals surface area contributed by atoms with E-state index >= 15 is 0 Å². The van der Waals surface area contributed by atoms with Gasteiger partial charge in [-0.2, -0.15) is 15.0 Å². The van der Waals surface area contributed by atoms with E-state index in [1.807, 2.05) is 6.07 Å². The predicted molar refractivity (Wildman–Crippen MR) is 79.4 cm³/mol. The van der Waals surface area contributed by atoms with Crippen LogP contribution in [0, 0.1) is 0 Å². The van der Waals surface area contributed by atoms with Crippen molar-refractivity contribution in [2.45, 2.75) is 6.42 Å². The zero-order valence-electron chi connectivity index (χ0n) is 10.7. The third-order valence-electron chi connectivity index (χ3n) is 2.51. The first-order valence-electron chi connectivity index (χ1n) is 5.82. The van der Waals surface area contributed by atoms with Crippen LogP contribution in [0.25, 0.3) is 0 Å². The quantitative estimate of drug-likeness (QED) is 0.881. The summed E-state index contributed by atoms with van der Waals surface area (Å²) in [6.07, 6.45) is 0.698. The van der Waals surface area contributed by atoms with Crippen LogP contribution in [-0.4, -0.2) is 28.6 Å². The maximum Gasteiger partial charge on any atom is 0.322 e. The molecule has 0 fully saturated rings. The smallest absolute Gasteiger partial charge is 0.322 e. The number of ether oxygens (including phenoxy) is 1. The number of anilines is 2. The minimum absolute atomic E-state index is 0.101. The molecule has 0 spiro atoms. The number of methoxy groups -OCH3 is 1. The van der Waals surface area contributed by atoms with Gasteiger partial charge < -0.3 is 15.8 Å². The third-order valence-corrected chi connectivity index (χ3v) is 3.09. The number of hydrogen-bond donors (Lipinski definition) is 2. The van der Waals surface area contributed by atoms with Gasteiger partial charge >= 0.3 is 6.01 Å². The van der Waals surface area contributed by atoms with Crippen molar-refractivity contribution in [2.24, 2.45) is 0 Å². The highest BCUT2D eigenvalue weighted by molar-refractivity contribution is 6.35. The average molecular weight is 314 g/mol. The molecule has 1 aromatic heterocycles. The molecule has 0 unspecified atom stereocenters. The normalized spacial score (nSPS) is 10.3. The Morgan fingerprint density at radius 3 is 2.75 bits per heavy atom. The Hall–Kier alpha value is -1.79. The lowest BCUT2D eigenvalue weighted by atomic mass is 10.1. The van der Waals surface area contributed by atoms with Crippen LogP contribution in [0.3, 0.4) is 0 Å². The van der Waals surface area contributed by atoms with Gasteiger partial charge in [0.2, 0.25) is 11.9 Å². The first-order valence-corrected chi connectivity index (χ1v) is 6.57. The Morgan fingerprint density at radius 2 is 2.05 bits per heavy atom. The fourth-order valence-corrected chi connectivity index (χ4v) is 2.08. The zero-order chi connectivity index (χ0) is 14.5. The van der Waals surface area contributed by atoms with Gasteiger partial charge in [0.25, 0.3) is 0 Å². The molecule has 2 rings (SSSR count). The minimum atomic E-state index is 0.101. The summed E-state index contributed by atoms with van der Waals surface area (Å²) in [5.41, 5.74) is 6.52. The number of rotatable bonds is 5. The Morgan fingerprint density at radius 1 is 1.25 bits per heavy atom. The van der Waals surface area contributed by atoms with Gasteiger partial charge in [-0.05, 0) is 24.1 Å². The molecule has 6 nitrogen and oxygen atoms in total. The monoisotopic (exact) mass is 313 g/mol. The summed E-state index contributed by atoms with van der Waals surface area (Å²) in [5, 5.41) is 4.28. The molecule has 0 aliphatic carbocycles. The minimum Gasteiger partial charge on any atom is -0.467 e. The van der Waals surface area contributed by atoms with Crippen LogP contribution < -0.4 is 15.8 Å². The second kappa shape index (κ2) is 6.58. The van der Waals surface area contributed by atoms with Crippen molar-refractivity contribution >= 4 is 35.1 Å². The van der Waals surface area contributed by atoms with E-state index in [1.165, 1.54) is 7.11 Å². The molecule has 0 saturated carbocycles. The van der Waals surface area contributed by atoms with E-state index in [2.05, 4.69) is 20.3 Å². The number of nitrogen functional groups attached to an aromatic ring is 1. The maximum atomic E-state index is 6.09. The van der Waals surface area contributed by atoms with Crippen LogP contribution in [0.1, 0.15) is 5.56 Å². The number of hydrogen-bond acceptors (Lipinski definition) is 6. The molecule has 1 aromatic carbocycles. The molecular formula is C12H13Cl2N5O. The van der Waals surface area contributed by atoms with Crippen molar-refractivity contribution in [2.75, 3.05) is 24.7 Å². The van der Waals surface area contributed by atoms with E-state index in [9.17, 15) is 0 Å². The lowest BCUT2D eigenvalue weighted by Crippen LogP contribution is -2.11. The molecule has 106 valence electrons. The van der Waals surface area contributed by atoms with Crippen LogP contribution >= 0.6 is 23.2 Å². The number of benzene rings is 1. The van der Waals surface area contributed by atoms with Crippen molar-refractivity contribution in [3.8, 4) is 6.01 Å². The first kappa shape index (κ1) is 14.6.